The van der Waals surface area contributed by atoms with E-state index >= 15 is 0 Å². The number of aromatic nitrogens is 1. The molecule has 106 valence electrons. The van der Waals surface area contributed by atoms with E-state index in [1.807, 2.05) is 0 Å². The highest BCUT2D eigenvalue weighted by Gasteiger charge is 2.22. The Morgan fingerprint density at radius 3 is 2.62 bits per heavy atom. The van der Waals surface area contributed by atoms with Gasteiger partial charge in [-0.3, -0.25) is 0 Å². The SMILES string of the molecule is N#Cc1ccc(-c2nc(C(=O)O)c(Cl)c(N)c2F)cc1F. The Labute approximate surface area is 122 Å². The topological polar surface area (TPSA) is 100 Å². The number of rotatable bonds is 2. The summed E-state index contributed by atoms with van der Waals surface area (Å²) in [6.45, 7) is 0. The standard InChI is InChI=1S/C13H6ClF2N3O2/c14-8-10(18)9(16)11(19-12(8)13(20)21)5-1-2-6(4-17)7(15)3-5/h1-3H,(H2,18,19)(H,20,21). The monoisotopic (exact) mass is 309 g/mol. The maximum atomic E-state index is 14.1. The van der Waals surface area contributed by atoms with Crippen LogP contribution in [0.4, 0.5) is 14.5 Å². The highest BCUT2D eigenvalue weighted by molar-refractivity contribution is 6.35. The summed E-state index contributed by atoms with van der Waals surface area (Å²) in [4.78, 5) is 14.6. The number of hydrogen-bond donors (Lipinski definition) is 2. The number of hydrogen-bond acceptors (Lipinski definition) is 4. The minimum atomic E-state index is -1.50. The third-order valence-electron chi connectivity index (χ3n) is 2.68. The molecule has 0 aliphatic heterocycles. The fraction of sp³-hybridized carbons (Fsp3) is 0. The van der Waals surface area contributed by atoms with Crippen molar-refractivity contribution in [3.8, 4) is 17.3 Å². The van der Waals surface area contributed by atoms with E-state index in [1.54, 1.807) is 6.07 Å². The van der Waals surface area contributed by atoms with Gasteiger partial charge in [-0.1, -0.05) is 17.7 Å². The van der Waals surface area contributed by atoms with Crippen LogP contribution in [0.15, 0.2) is 18.2 Å². The normalized spacial score (nSPS) is 10.2. The average Bonchev–Trinajstić information content (AvgIpc) is 2.44. The lowest BCUT2D eigenvalue weighted by atomic mass is 10.1. The Morgan fingerprint density at radius 2 is 2.10 bits per heavy atom. The van der Waals surface area contributed by atoms with Gasteiger partial charge in [0.1, 0.15) is 17.6 Å². The molecule has 0 aliphatic carbocycles. The molecule has 0 saturated heterocycles. The number of pyridine rings is 1. The lowest BCUT2D eigenvalue weighted by molar-refractivity contribution is 0.0691. The second-order valence-corrected chi connectivity index (χ2v) is 4.34. The van der Waals surface area contributed by atoms with Gasteiger partial charge in [-0.15, -0.1) is 0 Å². The number of nitriles is 1. The van der Waals surface area contributed by atoms with Crippen molar-refractivity contribution in [2.24, 2.45) is 0 Å². The summed E-state index contributed by atoms with van der Waals surface area (Å²) in [6, 6.07) is 4.82. The number of carboxylic acids is 1. The van der Waals surface area contributed by atoms with Crippen LogP contribution in [-0.4, -0.2) is 16.1 Å². The highest BCUT2D eigenvalue weighted by Crippen LogP contribution is 2.32. The minimum Gasteiger partial charge on any atom is -0.476 e. The molecule has 0 fully saturated rings. The van der Waals surface area contributed by atoms with E-state index in [2.05, 4.69) is 4.98 Å². The van der Waals surface area contributed by atoms with E-state index in [0.717, 1.165) is 12.1 Å². The zero-order valence-electron chi connectivity index (χ0n) is 10.2. The lowest BCUT2D eigenvalue weighted by Gasteiger charge is -2.09. The van der Waals surface area contributed by atoms with Gasteiger partial charge in [-0.2, -0.15) is 5.26 Å². The molecule has 0 bridgehead atoms. The molecule has 0 radical (unpaired) electrons. The van der Waals surface area contributed by atoms with Crippen molar-refractivity contribution in [2.45, 2.75) is 0 Å². The third kappa shape index (κ3) is 2.49. The summed E-state index contributed by atoms with van der Waals surface area (Å²) in [7, 11) is 0. The van der Waals surface area contributed by atoms with E-state index in [4.69, 9.17) is 27.7 Å². The number of carboxylic acid groups (broad SMARTS) is 1. The molecular formula is C13H6ClF2N3O2. The largest absolute Gasteiger partial charge is 0.476 e. The van der Waals surface area contributed by atoms with Gasteiger partial charge in [0, 0.05) is 5.56 Å². The van der Waals surface area contributed by atoms with Crippen molar-refractivity contribution in [1.82, 2.24) is 4.98 Å². The van der Waals surface area contributed by atoms with E-state index in [1.165, 1.54) is 6.07 Å². The van der Waals surface area contributed by atoms with E-state index in [0.29, 0.717) is 0 Å². The number of nitrogens with zero attached hydrogens (tertiary/aromatic N) is 2. The first-order valence-electron chi connectivity index (χ1n) is 5.44. The predicted molar refractivity (Wildman–Crippen MR) is 70.7 cm³/mol. The number of benzene rings is 1. The van der Waals surface area contributed by atoms with Crippen LogP contribution >= 0.6 is 11.6 Å². The van der Waals surface area contributed by atoms with Crippen LogP contribution in [0.2, 0.25) is 5.02 Å². The van der Waals surface area contributed by atoms with Crippen molar-refractivity contribution in [3.63, 3.8) is 0 Å². The molecule has 3 N–H and O–H groups in total. The van der Waals surface area contributed by atoms with Gasteiger partial charge in [0.2, 0.25) is 0 Å². The fourth-order valence-electron chi connectivity index (χ4n) is 1.65. The first kappa shape index (κ1) is 14.7. The van der Waals surface area contributed by atoms with Gasteiger partial charge >= 0.3 is 5.97 Å². The van der Waals surface area contributed by atoms with Gasteiger partial charge < -0.3 is 10.8 Å². The Hall–Kier alpha value is -2.72. The number of carbonyl (C=O) groups is 1. The number of nitrogen functional groups attached to an aromatic ring is 1. The number of anilines is 1. The molecule has 1 aromatic carbocycles. The average molecular weight is 310 g/mol. The van der Waals surface area contributed by atoms with Crippen LogP contribution in [0, 0.1) is 23.0 Å². The maximum Gasteiger partial charge on any atom is 0.356 e. The molecule has 8 heteroatoms. The van der Waals surface area contributed by atoms with Crippen molar-refractivity contribution < 1.29 is 18.7 Å². The van der Waals surface area contributed by atoms with Crippen molar-refractivity contribution in [3.05, 3.63) is 46.1 Å². The molecule has 0 unspecified atom stereocenters. The summed E-state index contributed by atoms with van der Waals surface area (Å²) in [6.07, 6.45) is 0. The first-order chi connectivity index (χ1) is 9.86. The molecule has 0 atom stereocenters. The van der Waals surface area contributed by atoms with Crippen molar-refractivity contribution in [1.29, 1.82) is 5.26 Å². The zero-order chi connectivity index (χ0) is 15.7. The van der Waals surface area contributed by atoms with Crippen molar-refractivity contribution >= 4 is 23.3 Å². The predicted octanol–water partition coefficient (Wildman–Crippen LogP) is 2.83. The third-order valence-corrected chi connectivity index (χ3v) is 3.06. The quantitative estimate of drug-likeness (QED) is 0.888. The molecule has 1 aromatic heterocycles. The van der Waals surface area contributed by atoms with E-state index in [-0.39, 0.29) is 11.1 Å². The van der Waals surface area contributed by atoms with E-state index in [9.17, 15) is 13.6 Å². The van der Waals surface area contributed by atoms with Crippen LogP contribution in [0.25, 0.3) is 11.3 Å². The molecule has 0 aliphatic rings. The van der Waals surface area contributed by atoms with Crippen LogP contribution in [0.3, 0.4) is 0 Å². The van der Waals surface area contributed by atoms with E-state index < -0.39 is 39.7 Å². The summed E-state index contributed by atoms with van der Waals surface area (Å²) >= 11 is 5.61. The second-order valence-electron chi connectivity index (χ2n) is 3.96. The van der Waals surface area contributed by atoms with Crippen LogP contribution in [0.5, 0.6) is 0 Å². The molecule has 1 heterocycles. The van der Waals surface area contributed by atoms with Gasteiger partial charge in [-0.25, -0.2) is 18.6 Å². The molecule has 21 heavy (non-hydrogen) atoms. The lowest BCUT2D eigenvalue weighted by Crippen LogP contribution is -2.08. The molecular weight excluding hydrogens is 304 g/mol. The zero-order valence-corrected chi connectivity index (χ0v) is 10.9. The number of halogens is 3. The minimum absolute atomic E-state index is 0.0603. The van der Waals surface area contributed by atoms with Gasteiger partial charge in [-0.05, 0) is 12.1 Å². The van der Waals surface area contributed by atoms with Gasteiger partial charge in [0.25, 0.3) is 0 Å². The molecule has 5 nitrogen and oxygen atoms in total. The van der Waals surface area contributed by atoms with Gasteiger partial charge in [0.15, 0.2) is 11.5 Å². The molecule has 2 rings (SSSR count). The fourth-order valence-corrected chi connectivity index (χ4v) is 1.85. The second kappa shape index (κ2) is 5.34. The van der Waals surface area contributed by atoms with Crippen LogP contribution in [-0.2, 0) is 0 Å². The molecule has 0 spiro atoms. The number of nitrogens with two attached hydrogens (primary N) is 1. The smallest absolute Gasteiger partial charge is 0.356 e. The molecule has 0 amide bonds. The molecule has 2 aromatic rings. The Balaban J connectivity index is 2.72. The summed E-state index contributed by atoms with van der Waals surface area (Å²) < 4.78 is 27.6. The summed E-state index contributed by atoms with van der Waals surface area (Å²) in [5.74, 6) is -3.45. The highest BCUT2D eigenvalue weighted by atomic mass is 35.5. The van der Waals surface area contributed by atoms with Crippen LogP contribution in [0.1, 0.15) is 16.1 Å². The Kier molecular flexibility index (Phi) is 3.74. The van der Waals surface area contributed by atoms with Crippen LogP contribution < -0.4 is 5.73 Å². The van der Waals surface area contributed by atoms with Gasteiger partial charge in [0.05, 0.1) is 16.3 Å². The Morgan fingerprint density at radius 1 is 1.43 bits per heavy atom. The Bertz CT molecular complexity index is 803. The summed E-state index contributed by atoms with van der Waals surface area (Å²) in [5.41, 5.74) is 3.40. The maximum absolute atomic E-state index is 14.1. The molecule has 0 saturated carbocycles. The first-order valence-corrected chi connectivity index (χ1v) is 5.82. The van der Waals surface area contributed by atoms with Crippen molar-refractivity contribution in [2.75, 3.05) is 5.73 Å². The number of aromatic carboxylic acids is 1. The summed E-state index contributed by atoms with van der Waals surface area (Å²) in [5, 5.41) is 17.1.